The van der Waals surface area contributed by atoms with Gasteiger partial charge in [-0.05, 0) is 67.9 Å². The van der Waals surface area contributed by atoms with Crippen molar-refractivity contribution in [2.24, 2.45) is 0 Å². The molecule has 0 saturated carbocycles. The number of hydrogen-bond acceptors (Lipinski definition) is 7. The fourth-order valence-electron chi connectivity index (χ4n) is 3.74. The summed E-state index contributed by atoms with van der Waals surface area (Å²) >= 11 is 0. The number of furan rings is 1. The van der Waals surface area contributed by atoms with Crippen LogP contribution in [0, 0.1) is 0 Å². The molecule has 0 atom stereocenters. The van der Waals surface area contributed by atoms with Gasteiger partial charge in [-0.2, -0.15) is 4.31 Å². The third-order valence-corrected chi connectivity index (χ3v) is 7.66. The first-order valence-electron chi connectivity index (χ1n) is 11.1. The highest BCUT2D eigenvalue weighted by atomic mass is 32.2. The molecule has 0 aliphatic carbocycles. The van der Waals surface area contributed by atoms with Crippen LogP contribution in [0.2, 0.25) is 0 Å². The summed E-state index contributed by atoms with van der Waals surface area (Å²) in [6, 6.07) is 14.6. The Kier molecular flexibility index (Phi) is 7.32. The predicted octanol–water partition coefficient (Wildman–Crippen LogP) is 3.65. The van der Waals surface area contributed by atoms with E-state index in [4.69, 9.17) is 18.6 Å². The van der Waals surface area contributed by atoms with Gasteiger partial charge in [0.2, 0.25) is 22.7 Å². The molecule has 1 amide bonds. The number of amides is 1. The molecule has 0 radical (unpaired) electrons. The molecule has 1 aliphatic heterocycles. The first-order chi connectivity index (χ1) is 16.8. The van der Waals surface area contributed by atoms with Crippen LogP contribution < -0.4 is 14.2 Å². The van der Waals surface area contributed by atoms with E-state index >= 15 is 0 Å². The Hall–Kier alpha value is -3.50. The highest BCUT2D eigenvalue weighted by molar-refractivity contribution is 7.89. The van der Waals surface area contributed by atoms with E-state index in [0.29, 0.717) is 23.0 Å². The SMILES string of the molecule is COc1ccc(S(=O)(=O)N(CC(=O)N(Cc2ccc3c(c2)OCO3)Cc2ccco2)C(C)C)cc1. The van der Waals surface area contributed by atoms with Crippen LogP contribution in [0.4, 0.5) is 0 Å². The van der Waals surface area contributed by atoms with Gasteiger partial charge in [-0.15, -0.1) is 0 Å². The van der Waals surface area contributed by atoms with Crippen molar-refractivity contribution in [3.63, 3.8) is 0 Å². The molecule has 3 aromatic rings. The zero-order chi connectivity index (χ0) is 25.0. The molecule has 0 bridgehead atoms. The fourth-order valence-corrected chi connectivity index (χ4v) is 5.33. The molecule has 1 aliphatic rings. The maximum Gasteiger partial charge on any atom is 0.243 e. The minimum absolute atomic E-state index is 0.0909. The number of carbonyl (C=O) groups excluding carboxylic acids is 1. The Bertz CT molecular complexity index is 1260. The zero-order valence-electron chi connectivity index (χ0n) is 19.8. The normalized spacial score (nSPS) is 12.8. The van der Waals surface area contributed by atoms with Crippen molar-refractivity contribution in [3.8, 4) is 17.2 Å². The van der Waals surface area contributed by atoms with E-state index in [1.54, 1.807) is 49.1 Å². The summed E-state index contributed by atoms with van der Waals surface area (Å²) in [4.78, 5) is 15.2. The summed E-state index contributed by atoms with van der Waals surface area (Å²) in [7, 11) is -2.42. The quantitative estimate of drug-likeness (QED) is 0.419. The molecule has 4 rings (SSSR count). The van der Waals surface area contributed by atoms with Crippen molar-refractivity contribution in [2.45, 2.75) is 37.9 Å². The predicted molar refractivity (Wildman–Crippen MR) is 128 cm³/mol. The van der Waals surface area contributed by atoms with Gasteiger partial charge in [0.25, 0.3) is 0 Å². The van der Waals surface area contributed by atoms with Crippen molar-refractivity contribution in [2.75, 3.05) is 20.4 Å². The summed E-state index contributed by atoms with van der Waals surface area (Å²) < 4.78 is 49.4. The monoisotopic (exact) mass is 500 g/mol. The Balaban J connectivity index is 1.57. The van der Waals surface area contributed by atoms with E-state index in [9.17, 15) is 13.2 Å². The van der Waals surface area contributed by atoms with Crippen LogP contribution in [-0.4, -0.2) is 50.0 Å². The minimum Gasteiger partial charge on any atom is -0.497 e. The number of sulfonamides is 1. The minimum atomic E-state index is -3.93. The van der Waals surface area contributed by atoms with Gasteiger partial charge in [-0.3, -0.25) is 4.79 Å². The van der Waals surface area contributed by atoms with Gasteiger partial charge in [-0.1, -0.05) is 6.07 Å². The van der Waals surface area contributed by atoms with Crippen molar-refractivity contribution >= 4 is 15.9 Å². The smallest absolute Gasteiger partial charge is 0.243 e. The van der Waals surface area contributed by atoms with Crippen LogP contribution in [-0.2, 0) is 27.9 Å². The summed E-state index contributed by atoms with van der Waals surface area (Å²) in [5.41, 5.74) is 0.822. The zero-order valence-corrected chi connectivity index (χ0v) is 20.7. The van der Waals surface area contributed by atoms with Gasteiger partial charge in [0.1, 0.15) is 11.5 Å². The second-order valence-electron chi connectivity index (χ2n) is 8.34. The Morgan fingerprint density at radius 2 is 1.77 bits per heavy atom. The molecule has 2 aromatic carbocycles. The molecule has 1 aromatic heterocycles. The summed E-state index contributed by atoms with van der Waals surface area (Å²) in [6.07, 6.45) is 1.53. The number of rotatable bonds is 10. The average Bonchev–Trinajstić information content (AvgIpc) is 3.53. The highest BCUT2D eigenvalue weighted by Crippen LogP contribution is 2.33. The molecular formula is C25H28N2O7S. The largest absolute Gasteiger partial charge is 0.497 e. The maximum absolute atomic E-state index is 13.5. The third-order valence-electron chi connectivity index (χ3n) is 5.62. The molecule has 10 heteroatoms. The number of benzene rings is 2. The van der Waals surface area contributed by atoms with Crippen molar-refractivity contribution in [1.29, 1.82) is 0 Å². The molecule has 9 nitrogen and oxygen atoms in total. The van der Waals surface area contributed by atoms with Gasteiger partial charge in [0.05, 0.1) is 31.4 Å². The fraction of sp³-hybridized carbons (Fsp3) is 0.320. The molecule has 186 valence electrons. The maximum atomic E-state index is 13.5. The van der Waals surface area contributed by atoms with Crippen LogP contribution in [0.1, 0.15) is 25.2 Å². The first-order valence-corrected chi connectivity index (χ1v) is 12.6. The van der Waals surface area contributed by atoms with Crippen LogP contribution in [0.25, 0.3) is 0 Å². The highest BCUT2D eigenvalue weighted by Gasteiger charge is 2.31. The first kappa shape index (κ1) is 24.6. The molecule has 2 heterocycles. The number of ether oxygens (including phenoxy) is 3. The average molecular weight is 501 g/mol. The number of fused-ring (bicyclic) bond motifs is 1. The Morgan fingerprint density at radius 3 is 2.43 bits per heavy atom. The number of carbonyl (C=O) groups is 1. The lowest BCUT2D eigenvalue weighted by Gasteiger charge is -2.29. The second kappa shape index (κ2) is 10.4. The third kappa shape index (κ3) is 5.60. The van der Waals surface area contributed by atoms with Crippen molar-refractivity contribution < 1.29 is 31.8 Å². The van der Waals surface area contributed by atoms with Gasteiger partial charge in [0, 0.05) is 12.6 Å². The van der Waals surface area contributed by atoms with Crippen LogP contribution in [0.15, 0.2) is 70.2 Å². The van der Waals surface area contributed by atoms with Crippen LogP contribution in [0.5, 0.6) is 17.2 Å². The molecule has 35 heavy (non-hydrogen) atoms. The Morgan fingerprint density at radius 1 is 1.03 bits per heavy atom. The van der Waals surface area contributed by atoms with Gasteiger partial charge >= 0.3 is 0 Å². The molecular weight excluding hydrogens is 472 g/mol. The standard InChI is InChI=1S/C25H28N2O7S/c1-18(2)27(35(29,30)22-9-7-20(31-3)8-10-22)16-25(28)26(15-21-5-4-12-32-21)14-19-6-11-23-24(13-19)34-17-33-23/h4-13,18H,14-17H2,1-3H3. The van der Waals surface area contributed by atoms with E-state index in [0.717, 1.165) is 5.56 Å². The van der Waals surface area contributed by atoms with Crippen molar-refractivity contribution in [3.05, 3.63) is 72.2 Å². The number of methoxy groups -OCH3 is 1. The van der Waals surface area contributed by atoms with E-state index in [-0.39, 0.29) is 37.2 Å². The molecule has 0 N–H and O–H groups in total. The lowest BCUT2D eigenvalue weighted by molar-refractivity contribution is -0.133. The van der Waals surface area contributed by atoms with E-state index in [2.05, 4.69) is 0 Å². The van der Waals surface area contributed by atoms with Crippen molar-refractivity contribution in [1.82, 2.24) is 9.21 Å². The lowest BCUT2D eigenvalue weighted by Crippen LogP contribution is -2.45. The Labute approximate surface area is 204 Å². The second-order valence-corrected chi connectivity index (χ2v) is 10.2. The summed E-state index contributed by atoms with van der Waals surface area (Å²) in [5, 5.41) is 0. The lowest BCUT2D eigenvalue weighted by atomic mass is 10.2. The summed E-state index contributed by atoms with van der Waals surface area (Å²) in [6.45, 7) is 3.74. The van der Waals surface area contributed by atoms with Gasteiger partial charge < -0.3 is 23.5 Å². The number of nitrogens with zero attached hydrogens (tertiary/aromatic N) is 2. The van der Waals surface area contributed by atoms with Crippen LogP contribution in [0.3, 0.4) is 0 Å². The van der Waals surface area contributed by atoms with E-state index in [1.807, 2.05) is 12.1 Å². The van der Waals surface area contributed by atoms with Gasteiger partial charge in [0.15, 0.2) is 11.5 Å². The van der Waals surface area contributed by atoms with E-state index < -0.39 is 16.1 Å². The molecule has 0 spiro atoms. The van der Waals surface area contributed by atoms with Crippen LogP contribution >= 0.6 is 0 Å². The molecule has 0 saturated heterocycles. The molecule has 0 fully saturated rings. The topological polar surface area (TPSA) is 98.5 Å². The number of hydrogen-bond donors (Lipinski definition) is 0. The van der Waals surface area contributed by atoms with E-state index in [1.165, 1.54) is 29.8 Å². The summed E-state index contributed by atoms with van der Waals surface area (Å²) in [5.74, 6) is 2.04. The van der Waals surface area contributed by atoms with Gasteiger partial charge in [-0.25, -0.2) is 8.42 Å². The molecule has 0 unspecified atom stereocenters.